The summed E-state index contributed by atoms with van der Waals surface area (Å²) in [5, 5.41) is 9.12. The lowest BCUT2D eigenvalue weighted by atomic mass is 10.1. The molecule has 3 rings (SSSR count). The minimum atomic E-state index is -0.891. The number of benzene rings is 1. The smallest absolute Gasteiger partial charge is 0.335 e. The van der Waals surface area contributed by atoms with Crippen LogP contribution in [0.15, 0.2) is 18.2 Å². The molecule has 1 aromatic rings. The van der Waals surface area contributed by atoms with Gasteiger partial charge in [-0.25, -0.2) is 4.79 Å². The van der Waals surface area contributed by atoms with Gasteiger partial charge in [0.2, 0.25) is 0 Å². The molecule has 21 heavy (non-hydrogen) atoms. The van der Waals surface area contributed by atoms with Crippen molar-refractivity contribution in [3.05, 3.63) is 29.3 Å². The number of rotatable bonds is 5. The van der Waals surface area contributed by atoms with Gasteiger partial charge < -0.3 is 9.84 Å². The molecular weight excluding hydrogens is 268 g/mol. The Morgan fingerprint density at radius 1 is 1.29 bits per heavy atom. The molecule has 1 N–H and O–H groups in total. The summed E-state index contributed by atoms with van der Waals surface area (Å²) >= 11 is 0. The van der Waals surface area contributed by atoms with Crippen LogP contribution in [-0.4, -0.2) is 60.2 Å². The maximum absolute atomic E-state index is 11.1. The van der Waals surface area contributed by atoms with Crippen LogP contribution >= 0.6 is 0 Å². The Kier molecular flexibility index (Phi) is 4.12. The topological polar surface area (TPSA) is 53.0 Å². The molecule has 114 valence electrons. The molecule has 0 bridgehead atoms. The molecule has 0 spiro atoms. The van der Waals surface area contributed by atoms with E-state index < -0.39 is 5.97 Å². The van der Waals surface area contributed by atoms with Crippen LogP contribution < -0.4 is 4.74 Å². The largest absolute Gasteiger partial charge is 0.496 e. The molecule has 1 aliphatic carbocycles. The van der Waals surface area contributed by atoms with Crippen LogP contribution in [0.25, 0.3) is 0 Å². The van der Waals surface area contributed by atoms with Crippen LogP contribution in [0.5, 0.6) is 5.75 Å². The predicted molar refractivity (Wildman–Crippen MR) is 79.8 cm³/mol. The highest BCUT2D eigenvalue weighted by molar-refractivity contribution is 5.88. The van der Waals surface area contributed by atoms with E-state index in [1.807, 2.05) is 0 Å². The predicted octanol–water partition coefficient (Wildman–Crippen LogP) is 1.67. The molecule has 1 heterocycles. The highest BCUT2D eigenvalue weighted by atomic mass is 16.5. The Hall–Kier alpha value is -1.59. The molecule has 0 radical (unpaired) electrons. The van der Waals surface area contributed by atoms with Crippen LogP contribution in [0.1, 0.15) is 28.8 Å². The van der Waals surface area contributed by atoms with E-state index in [9.17, 15) is 4.79 Å². The zero-order chi connectivity index (χ0) is 14.8. The number of carboxylic acid groups (broad SMARTS) is 1. The van der Waals surface area contributed by atoms with Gasteiger partial charge in [-0.05, 0) is 31.0 Å². The van der Waals surface area contributed by atoms with Gasteiger partial charge in [-0.15, -0.1) is 0 Å². The third-order valence-corrected chi connectivity index (χ3v) is 4.39. The Morgan fingerprint density at radius 3 is 2.57 bits per heavy atom. The van der Waals surface area contributed by atoms with E-state index >= 15 is 0 Å². The number of carbonyl (C=O) groups is 1. The van der Waals surface area contributed by atoms with Gasteiger partial charge in [0.1, 0.15) is 5.75 Å². The van der Waals surface area contributed by atoms with Crippen molar-refractivity contribution < 1.29 is 14.6 Å². The third kappa shape index (κ3) is 3.36. The monoisotopic (exact) mass is 290 g/mol. The van der Waals surface area contributed by atoms with Gasteiger partial charge in [0.15, 0.2) is 0 Å². The number of hydrogen-bond donors (Lipinski definition) is 1. The number of ether oxygens (including phenoxy) is 1. The fourth-order valence-corrected chi connectivity index (χ4v) is 3.00. The number of hydrogen-bond acceptors (Lipinski definition) is 4. The molecule has 2 aliphatic rings. The van der Waals surface area contributed by atoms with Crippen molar-refractivity contribution in [2.45, 2.75) is 25.4 Å². The highest BCUT2D eigenvalue weighted by Crippen LogP contribution is 2.28. The molecule has 5 nitrogen and oxygen atoms in total. The van der Waals surface area contributed by atoms with Gasteiger partial charge >= 0.3 is 5.97 Å². The Balaban J connectivity index is 1.66. The van der Waals surface area contributed by atoms with E-state index in [4.69, 9.17) is 9.84 Å². The summed E-state index contributed by atoms with van der Waals surface area (Å²) in [5.74, 6) is -0.123. The zero-order valence-corrected chi connectivity index (χ0v) is 12.4. The average Bonchev–Trinajstić information content (AvgIpc) is 3.32. The maximum atomic E-state index is 11.1. The van der Waals surface area contributed by atoms with E-state index in [0.717, 1.165) is 50.1 Å². The number of carboxylic acids is 1. The SMILES string of the molecule is COc1ccc(C(=O)O)cc1CN1CCN(C2CC2)CC1. The summed E-state index contributed by atoms with van der Waals surface area (Å²) in [5.41, 5.74) is 1.28. The molecule has 2 fully saturated rings. The van der Waals surface area contributed by atoms with Gasteiger partial charge in [0.25, 0.3) is 0 Å². The van der Waals surface area contributed by atoms with Gasteiger partial charge in [-0.3, -0.25) is 9.80 Å². The molecule has 0 amide bonds. The molecule has 1 saturated carbocycles. The van der Waals surface area contributed by atoms with Crippen molar-refractivity contribution in [1.82, 2.24) is 9.80 Å². The lowest BCUT2D eigenvalue weighted by Gasteiger charge is -2.35. The first-order chi connectivity index (χ1) is 10.2. The van der Waals surface area contributed by atoms with Crippen LogP contribution in [0.3, 0.4) is 0 Å². The van der Waals surface area contributed by atoms with Crippen molar-refractivity contribution in [3.63, 3.8) is 0 Å². The molecule has 0 aromatic heterocycles. The van der Waals surface area contributed by atoms with E-state index in [1.54, 1.807) is 25.3 Å². The van der Waals surface area contributed by atoms with Crippen molar-refractivity contribution >= 4 is 5.97 Å². The Labute approximate surface area is 125 Å². The normalized spacial score (nSPS) is 20.4. The van der Waals surface area contributed by atoms with Crippen LogP contribution in [0.2, 0.25) is 0 Å². The summed E-state index contributed by atoms with van der Waals surface area (Å²) in [4.78, 5) is 16.1. The summed E-state index contributed by atoms with van der Waals surface area (Å²) in [6, 6.07) is 5.90. The number of piperazine rings is 1. The van der Waals surface area contributed by atoms with Crippen molar-refractivity contribution in [1.29, 1.82) is 0 Å². The maximum Gasteiger partial charge on any atom is 0.335 e. The zero-order valence-electron chi connectivity index (χ0n) is 12.4. The summed E-state index contributed by atoms with van der Waals surface area (Å²) in [6.45, 7) is 5.06. The molecule has 1 aliphatic heterocycles. The molecule has 0 unspecified atom stereocenters. The molecule has 1 saturated heterocycles. The Bertz CT molecular complexity index is 520. The first-order valence-corrected chi connectivity index (χ1v) is 7.54. The highest BCUT2D eigenvalue weighted by Gasteiger charge is 2.31. The minimum Gasteiger partial charge on any atom is -0.496 e. The molecule has 1 aromatic carbocycles. The van der Waals surface area contributed by atoms with Crippen LogP contribution in [0, 0.1) is 0 Å². The van der Waals surface area contributed by atoms with E-state index in [0.29, 0.717) is 5.56 Å². The average molecular weight is 290 g/mol. The molecule has 5 heteroatoms. The van der Waals surface area contributed by atoms with Gasteiger partial charge in [-0.1, -0.05) is 0 Å². The third-order valence-electron chi connectivity index (χ3n) is 4.39. The molecular formula is C16H22N2O3. The molecule has 0 atom stereocenters. The summed E-state index contributed by atoms with van der Waals surface area (Å²) < 4.78 is 5.36. The second kappa shape index (κ2) is 6.03. The van der Waals surface area contributed by atoms with Crippen LogP contribution in [0.4, 0.5) is 0 Å². The lowest BCUT2D eigenvalue weighted by molar-refractivity contribution is 0.0696. The van der Waals surface area contributed by atoms with Crippen molar-refractivity contribution in [3.8, 4) is 5.75 Å². The summed E-state index contributed by atoms with van der Waals surface area (Å²) in [7, 11) is 1.63. The van der Waals surface area contributed by atoms with E-state index in [1.165, 1.54) is 12.8 Å². The lowest BCUT2D eigenvalue weighted by Crippen LogP contribution is -2.46. The van der Waals surface area contributed by atoms with Crippen molar-refractivity contribution in [2.24, 2.45) is 0 Å². The van der Waals surface area contributed by atoms with E-state index in [-0.39, 0.29) is 0 Å². The number of methoxy groups -OCH3 is 1. The summed E-state index contributed by atoms with van der Waals surface area (Å²) in [6.07, 6.45) is 2.71. The standard InChI is InChI=1S/C16H22N2O3/c1-21-15-5-2-12(16(19)20)10-13(15)11-17-6-8-18(9-7-17)14-3-4-14/h2,5,10,14H,3-4,6-9,11H2,1H3,(H,19,20). The fraction of sp³-hybridized carbons (Fsp3) is 0.562. The van der Waals surface area contributed by atoms with Crippen molar-refractivity contribution in [2.75, 3.05) is 33.3 Å². The van der Waals surface area contributed by atoms with Crippen LogP contribution in [-0.2, 0) is 6.54 Å². The number of nitrogens with zero attached hydrogens (tertiary/aromatic N) is 2. The second-order valence-corrected chi connectivity index (χ2v) is 5.88. The van der Waals surface area contributed by atoms with Gasteiger partial charge in [0, 0.05) is 44.3 Å². The van der Waals surface area contributed by atoms with Gasteiger partial charge in [0.05, 0.1) is 12.7 Å². The fourth-order valence-electron chi connectivity index (χ4n) is 3.00. The number of aromatic carboxylic acids is 1. The minimum absolute atomic E-state index is 0.322. The van der Waals surface area contributed by atoms with Gasteiger partial charge in [-0.2, -0.15) is 0 Å². The Morgan fingerprint density at radius 2 is 2.00 bits per heavy atom. The first-order valence-electron chi connectivity index (χ1n) is 7.54. The first kappa shape index (κ1) is 14.4. The van der Waals surface area contributed by atoms with E-state index in [2.05, 4.69) is 9.80 Å². The second-order valence-electron chi connectivity index (χ2n) is 5.88. The quantitative estimate of drug-likeness (QED) is 0.894.